The number of hydrogen-bond acceptors (Lipinski definition) is 3. The van der Waals surface area contributed by atoms with Gasteiger partial charge in [0, 0.05) is 7.05 Å². The van der Waals surface area contributed by atoms with E-state index in [1.54, 1.807) is 11.8 Å². The minimum absolute atomic E-state index is 0.0221. The Morgan fingerprint density at radius 3 is 2.69 bits per heavy atom. The van der Waals surface area contributed by atoms with Gasteiger partial charge in [0.25, 0.3) is 0 Å². The van der Waals surface area contributed by atoms with E-state index in [9.17, 15) is 0 Å². The van der Waals surface area contributed by atoms with Crippen LogP contribution >= 0.6 is 0 Å². The minimum atomic E-state index is -0.0221. The first kappa shape index (κ1) is 11.5. The molecular formula is C12H21N3O. The lowest BCUT2D eigenvalue weighted by Gasteiger charge is -2.30. The number of ether oxygens (including phenoxy) is 1. The molecule has 1 atom stereocenters. The maximum Gasteiger partial charge on any atom is 0.161 e. The van der Waals surface area contributed by atoms with E-state index >= 15 is 0 Å². The van der Waals surface area contributed by atoms with Crippen molar-refractivity contribution in [3.63, 3.8) is 0 Å². The average molecular weight is 223 g/mol. The molecule has 0 saturated heterocycles. The van der Waals surface area contributed by atoms with Gasteiger partial charge in [-0.25, -0.2) is 0 Å². The van der Waals surface area contributed by atoms with Crippen LogP contribution in [0.2, 0.25) is 0 Å². The molecule has 1 aromatic rings. The van der Waals surface area contributed by atoms with Crippen LogP contribution < -0.4 is 10.5 Å². The molecule has 0 bridgehead atoms. The Labute approximate surface area is 96.8 Å². The highest BCUT2D eigenvalue weighted by Crippen LogP contribution is 2.47. The zero-order valence-electron chi connectivity index (χ0n) is 10.4. The summed E-state index contributed by atoms with van der Waals surface area (Å²) in [5.74, 6) is 0.808. The summed E-state index contributed by atoms with van der Waals surface area (Å²) in [5.41, 5.74) is 7.45. The van der Waals surface area contributed by atoms with E-state index < -0.39 is 0 Å². The van der Waals surface area contributed by atoms with Gasteiger partial charge in [-0.1, -0.05) is 19.8 Å². The monoisotopic (exact) mass is 223 g/mol. The molecule has 0 amide bonds. The number of nitrogens with zero attached hydrogens (tertiary/aromatic N) is 2. The first-order chi connectivity index (χ1) is 7.57. The summed E-state index contributed by atoms with van der Waals surface area (Å²) in [6, 6.07) is -0.0221. The van der Waals surface area contributed by atoms with Crippen molar-refractivity contribution in [2.75, 3.05) is 7.11 Å². The van der Waals surface area contributed by atoms with Crippen molar-refractivity contribution in [3.8, 4) is 5.75 Å². The smallest absolute Gasteiger partial charge is 0.161 e. The molecule has 4 nitrogen and oxygen atoms in total. The van der Waals surface area contributed by atoms with Crippen LogP contribution in [0.25, 0.3) is 0 Å². The Morgan fingerprint density at radius 1 is 1.50 bits per heavy atom. The van der Waals surface area contributed by atoms with E-state index in [2.05, 4.69) is 12.0 Å². The number of rotatable bonds is 3. The van der Waals surface area contributed by atoms with Crippen LogP contribution in [0, 0.1) is 5.41 Å². The molecule has 90 valence electrons. The zero-order valence-corrected chi connectivity index (χ0v) is 10.4. The maximum absolute atomic E-state index is 6.37. The van der Waals surface area contributed by atoms with Gasteiger partial charge in [0.1, 0.15) is 5.69 Å². The molecule has 0 spiro atoms. The number of nitrogens with two attached hydrogens (primary N) is 1. The van der Waals surface area contributed by atoms with Crippen molar-refractivity contribution in [1.82, 2.24) is 9.78 Å². The molecule has 1 aliphatic rings. The lowest BCUT2D eigenvalue weighted by molar-refractivity contribution is 0.254. The molecule has 2 rings (SSSR count). The van der Waals surface area contributed by atoms with Crippen LogP contribution in [-0.4, -0.2) is 16.9 Å². The predicted octanol–water partition coefficient (Wildman–Crippen LogP) is 2.01. The third kappa shape index (κ3) is 1.82. The first-order valence-electron chi connectivity index (χ1n) is 5.90. The van der Waals surface area contributed by atoms with Crippen LogP contribution in [0.15, 0.2) is 6.20 Å². The number of aryl methyl sites for hydroxylation is 1. The van der Waals surface area contributed by atoms with Crippen molar-refractivity contribution in [2.45, 2.75) is 38.6 Å². The second kappa shape index (κ2) is 4.09. The van der Waals surface area contributed by atoms with Crippen LogP contribution in [0.3, 0.4) is 0 Å². The molecular weight excluding hydrogens is 202 g/mol. The van der Waals surface area contributed by atoms with Gasteiger partial charge in [-0.2, -0.15) is 5.10 Å². The lowest BCUT2D eigenvalue weighted by Crippen LogP contribution is -2.30. The Morgan fingerprint density at radius 2 is 2.12 bits per heavy atom. The highest BCUT2D eigenvalue weighted by Gasteiger charge is 2.38. The van der Waals surface area contributed by atoms with Gasteiger partial charge in [-0.15, -0.1) is 0 Å². The summed E-state index contributed by atoms with van der Waals surface area (Å²) < 4.78 is 7.10. The van der Waals surface area contributed by atoms with Gasteiger partial charge in [0.15, 0.2) is 5.75 Å². The maximum atomic E-state index is 6.37. The van der Waals surface area contributed by atoms with E-state index in [4.69, 9.17) is 10.5 Å². The summed E-state index contributed by atoms with van der Waals surface area (Å²) in [6.07, 6.45) is 6.81. The largest absolute Gasteiger partial charge is 0.493 e. The molecule has 0 aliphatic heterocycles. The Hall–Kier alpha value is -1.03. The van der Waals surface area contributed by atoms with Crippen molar-refractivity contribution in [3.05, 3.63) is 11.9 Å². The molecule has 1 heterocycles. The second-order valence-electron chi connectivity index (χ2n) is 5.10. The summed E-state index contributed by atoms with van der Waals surface area (Å²) in [5, 5.41) is 4.44. The summed E-state index contributed by atoms with van der Waals surface area (Å²) in [6.45, 7) is 2.26. The molecule has 4 heteroatoms. The molecule has 1 unspecified atom stereocenters. The third-order valence-electron chi connectivity index (χ3n) is 3.83. The van der Waals surface area contributed by atoms with Crippen molar-refractivity contribution >= 4 is 0 Å². The van der Waals surface area contributed by atoms with Gasteiger partial charge in [-0.3, -0.25) is 4.68 Å². The molecule has 1 fully saturated rings. The first-order valence-corrected chi connectivity index (χ1v) is 5.90. The van der Waals surface area contributed by atoms with Gasteiger partial charge in [0.05, 0.1) is 19.3 Å². The summed E-state index contributed by atoms with van der Waals surface area (Å²) in [7, 11) is 3.57. The average Bonchev–Trinajstić information content (AvgIpc) is 2.84. The normalized spacial score (nSPS) is 21.0. The molecule has 0 aromatic carbocycles. The molecule has 1 aromatic heterocycles. The lowest BCUT2D eigenvalue weighted by atomic mass is 9.79. The fraction of sp³-hybridized carbons (Fsp3) is 0.750. The summed E-state index contributed by atoms with van der Waals surface area (Å²) >= 11 is 0. The van der Waals surface area contributed by atoms with Crippen molar-refractivity contribution in [2.24, 2.45) is 18.2 Å². The van der Waals surface area contributed by atoms with E-state index in [1.807, 2.05) is 13.2 Å². The van der Waals surface area contributed by atoms with Crippen molar-refractivity contribution < 1.29 is 4.74 Å². The number of methoxy groups -OCH3 is 1. The quantitative estimate of drug-likeness (QED) is 0.852. The van der Waals surface area contributed by atoms with Gasteiger partial charge >= 0.3 is 0 Å². The zero-order chi connectivity index (χ0) is 11.8. The fourth-order valence-electron chi connectivity index (χ4n) is 2.68. The van der Waals surface area contributed by atoms with E-state index in [-0.39, 0.29) is 11.5 Å². The SMILES string of the molecule is COc1cn(C)nc1C(N)C1(C)CCCC1. The van der Waals surface area contributed by atoms with Gasteiger partial charge in [0.2, 0.25) is 0 Å². The minimum Gasteiger partial charge on any atom is -0.493 e. The number of hydrogen-bond donors (Lipinski definition) is 1. The van der Waals surface area contributed by atoms with Crippen molar-refractivity contribution in [1.29, 1.82) is 0 Å². The van der Waals surface area contributed by atoms with Crippen LogP contribution in [-0.2, 0) is 7.05 Å². The van der Waals surface area contributed by atoms with E-state index in [0.29, 0.717) is 0 Å². The summed E-state index contributed by atoms with van der Waals surface area (Å²) in [4.78, 5) is 0. The molecule has 2 N–H and O–H groups in total. The van der Waals surface area contributed by atoms with Crippen LogP contribution in [0.4, 0.5) is 0 Å². The second-order valence-corrected chi connectivity index (χ2v) is 5.10. The number of aromatic nitrogens is 2. The Kier molecular flexibility index (Phi) is 2.93. The molecule has 16 heavy (non-hydrogen) atoms. The molecule has 1 aliphatic carbocycles. The van der Waals surface area contributed by atoms with Crippen LogP contribution in [0.1, 0.15) is 44.3 Å². The molecule has 1 saturated carbocycles. The van der Waals surface area contributed by atoms with E-state index in [0.717, 1.165) is 11.4 Å². The molecule has 0 radical (unpaired) electrons. The topological polar surface area (TPSA) is 53.1 Å². The third-order valence-corrected chi connectivity index (χ3v) is 3.83. The Balaban J connectivity index is 2.28. The standard InChI is InChI=1S/C12H21N3O/c1-12(6-4-5-7-12)11(13)10-9(16-3)8-15(2)14-10/h8,11H,4-7,13H2,1-3H3. The van der Waals surface area contributed by atoms with E-state index in [1.165, 1.54) is 25.7 Å². The Bertz CT molecular complexity index is 366. The highest BCUT2D eigenvalue weighted by atomic mass is 16.5. The van der Waals surface area contributed by atoms with Gasteiger partial charge in [-0.05, 0) is 18.3 Å². The fourth-order valence-corrected chi connectivity index (χ4v) is 2.68. The van der Waals surface area contributed by atoms with Gasteiger partial charge < -0.3 is 10.5 Å². The highest BCUT2D eigenvalue weighted by molar-refractivity contribution is 5.29. The predicted molar refractivity (Wildman–Crippen MR) is 63.3 cm³/mol. The van der Waals surface area contributed by atoms with Crippen LogP contribution in [0.5, 0.6) is 5.75 Å².